The number of nitrogens with one attached hydrogen (secondary N) is 2. The molecule has 132 valence electrons. The van der Waals surface area contributed by atoms with Crippen molar-refractivity contribution < 1.29 is 4.79 Å². The molecule has 0 fully saturated rings. The van der Waals surface area contributed by atoms with Crippen LogP contribution in [0.4, 0.5) is 0 Å². The van der Waals surface area contributed by atoms with Gasteiger partial charge < -0.3 is 10.3 Å². The molecule has 0 aliphatic carbocycles. The average Bonchev–Trinajstić information content (AvgIpc) is 3.18. The second-order valence-electron chi connectivity index (χ2n) is 6.12. The number of aromatic nitrogens is 3. The molecule has 0 saturated heterocycles. The molecular weight excluding hydrogens is 368 g/mol. The summed E-state index contributed by atoms with van der Waals surface area (Å²) >= 11 is 7.59. The molecule has 0 saturated carbocycles. The van der Waals surface area contributed by atoms with Crippen LogP contribution in [-0.4, -0.2) is 27.4 Å². The second kappa shape index (κ2) is 7.05. The summed E-state index contributed by atoms with van der Waals surface area (Å²) in [6.45, 7) is 2.56. The van der Waals surface area contributed by atoms with Gasteiger partial charge in [0, 0.05) is 23.6 Å². The highest BCUT2D eigenvalue weighted by Crippen LogP contribution is 2.22. The van der Waals surface area contributed by atoms with E-state index in [4.69, 9.17) is 11.6 Å². The number of carbonyl (C=O) groups excluding carboxylic acids is 1. The maximum Gasteiger partial charge on any atom is 0.251 e. The van der Waals surface area contributed by atoms with Crippen LogP contribution < -0.4 is 5.32 Å². The maximum absolute atomic E-state index is 12.3. The molecule has 0 spiro atoms. The fourth-order valence-electron chi connectivity index (χ4n) is 2.89. The van der Waals surface area contributed by atoms with Gasteiger partial charge in [-0.2, -0.15) is 0 Å². The van der Waals surface area contributed by atoms with Crippen LogP contribution >= 0.6 is 22.9 Å². The minimum absolute atomic E-state index is 0.0608. The zero-order valence-corrected chi connectivity index (χ0v) is 15.7. The Balaban J connectivity index is 1.33. The fourth-order valence-corrected chi connectivity index (χ4v) is 3.93. The van der Waals surface area contributed by atoms with Crippen LogP contribution in [0.25, 0.3) is 21.3 Å². The summed E-state index contributed by atoms with van der Waals surface area (Å²) in [5.41, 5.74) is 3.44. The number of fused-ring (bicyclic) bond motifs is 2. The molecular formula is C19H17ClN4OS. The number of nitrogens with zero attached hydrogens (tertiary/aromatic N) is 2. The Morgan fingerprint density at radius 2 is 2.04 bits per heavy atom. The van der Waals surface area contributed by atoms with Gasteiger partial charge in [-0.25, -0.2) is 9.97 Å². The van der Waals surface area contributed by atoms with Gasteiger partial charge in [-0.3, -0.25) is 4.79 Å². The molecule has 2 aromatic carbocycles. The first-order chi connectivity index (χ1) is 12.6. The zero-order chi connectivity index (χ0) is 18.1. The number of rotatable bonds is 5. The quantitative estimate of drug-likeness (QED) is 0.498. The molecule has 1 amide bonds. The van der Waals surface area contributed by atoms with Crippen molar-refractivity contribution in [3.63, 3.8) is 0 Å². The van der Waals surface area contributed by atoms with Crippen LogP contribution in [0.15, 0.2) is 36.4 Å². The molecule has 0 unspecified atom stereocenters. The Bertz CT molecular complexity index is 1100. The highest BCUT2D eigenvalue weighted by Gasteiger charge is 2.09. The number of amides is 1. The summed E-state index contributed by atoms with van der Waals surface area (Å²) < 4.78 is 1.04. The molecule has 26 heavy (non-hydrogen) atoms. The predicted molar refractivity (Wildman–Crippen MR) is 106 cm³/mol. The number of H-pyrrole nitrogens is 1. The number of carbonyl (C=O) groups is 1. The molecule has 0 aliphatic heterocycles. The van der Waals surface area contributed by atoms with Crippen LogP contribution in [0, 0.1) is 6.92 Å². The largest absolute Gasteiger partial charge is 0.352 e. The van der Waals surface area contributed by atoms with Crippen molar-refractivity contribution in [2.75, 3.05) is 6.54 Å². The zero-order valence-electron chi connectivity index (χ0n) is 14.2. The van der Waals surface area contributed by atoms with Gasteiger partial charge in [0.05, 0.1) is 26.3 Å². The van der Waals surface area contributed by atoms with Crippen LogP contribution in [0.5, 0.6) is 0 Å². The third-order valence-electron chi connectivity index (χ3n) is 4.13. The third-order valence-corrected chi connectivity index (χ3v) is 5.30. The molecule has 0 bridgehead atoms. The molecule has 0 radical (unpaired) electrons. The molecule has 7 heteroatoms. The van der Waals surface area contributed by atoms with E-state index >= 15 is 0 Å². The lowest BCUT2D eigenvalue weighted by Gasteiger charge is -2.04. The second-order valence-corrected chi connectivity index (χ2v) is 7.79. The number of imidazole rings is 1. The van der Waals surface area contributed by atoms with Crippen molar-refractivity contribution in [3.05, 3.63) is 57.8 Å². The molecule has 0 aliphatic rings. The van der Waals surface area contributed by atoms with Crippen molar-refractivity contribution >= 4 is 50.1 Å². The summed E-state index contributed by atoms with van der Waals surface area (Å²) in [4.78, 5) is 24.5. The Kier molecular flexibility index (Phi) is 4.61. The minimum Gasteiger partial charge on any atom is -0.352 e. The van der Waals surface area contributed by atoms with E-state index in [2.05, 4.69) is 20.3 Å². The topological polar surface area (TPSA) is 70.7 Å². The molecule has 5 nitrogen and oxygen atoms in total. The Morgan fingerprint density at radius 3 is 2.92 bits per heavy atom. The van der Waals surface area contributed by atoms with Gasteiger partial charge in [-0.05, 0) is 49.7 Å². The molecule has 0 atom stereocenters. The van der Waals surface area contributed by atoms with Crippen LogP contribution in [0.3, 0.4) is 0 Å². The summed E-state index contributed by atoms with van der Waals surface area (Å²) in [6, 6.07) is 11.2. The van der Waals surface area contributed by atoms with Crippen molar-refractivity contribution in [1.82, 2.24) is 20.3 Å². The standard InChI is InChI=1S/C19H17ClN4OS/c1-11-22-15-6-4-12(9-17(15)26-11)19(25)21-8-2-3-18-23-14-7-5-13(20)10-16(14)24-18/h4-7,9-10H,2-3,8H2,1H3,(H,21,25)(H,23,24). The Labute approximate surface area is 159 Å². The van der Waals surface area contributed by atoms with E-state index in [1.807, 2.05) is 43.3 Å². The number of hydrogen-bond donors (Lipinski definition) is 2. The van der Waals surface area contributed by atoms with Crippen molar-refractivity contribution in [3.8, 4) is 0 Å². The monoisotopic (exact) mass is 384 g/mol. The maximum atomic E-state index is 12.3. The molecule has 2 heterocycles. The number of hydrogen-bond acceptors (Lipinski definition) is 4. The van der Waals surface area contributed by atoms with Crippen LogP contribution in [-0.2, 0) is 6.42 Å². The van der Waals surface area contributed by atoms with Gasteiger partial charge in [0.25, 0.3) is 5.91 Å². The fraction of sp³-hybridized carbons (Fsp3) is 0.211. The van der Waals surface area contributed by atoms with Crippen molar-refractivity contribution in [1.29, 1.82) is 0 Å². The van der Waals surface area contributed by atoms with E-state index in [1.54, 1.807) is 11.3 Å². The summed E-state index contributed by atoms with van der Waals surface area (Å²) in [5, 5.41) is 4.66. The summed E-state index contributed by atoms with van der Waals surface area (Å²) in [6.07, 6.45) is 1.57. The van der Waals surface area contributed by atoms with Crippen LogP contribution in [0.2, 0.25) is 5.02 Å². The average molecular weight is 385 g/mol. The number of aryl methyl sites for hydroxylation is 2. The first-order valence-corrected chi connectivity index (χ1v) is 9.57. The van der Waals surface area contributed by atoms with Gasteiger partial charge in [0.15, 0.2) is 0 Å². The van der Waals surface area contributed by atoms with E-state index in [0.717, 1.165) is 44.9 Å². The highest BCUT2D eigenvalue weighted by atomic mass is 35.5. The normalized spacial score (nSPS) is 11.3. The minimum atomic E-state index is -0.0608. The number of halogens is 1. The summed E-state index contributed by atoms with van der Waals surface area (Å²) in [5.74, 6) is 0.840. The Morgan fingerprint density at radius 1 is 1.19 bits per heavy atom. The van der Waals surface area contributed by atoms with Gasteiger partial charge >= 0.3 is 0 Å². The lowest BCUT2D eigenvalue weighted by Crippen LogP contribution is -2.24. The highest BCUT2D eigenvalue weighted by molar-refractivity contribution is 7.18. The molecule has 4 aromatic rings. The molecule has 2 aromatic heterocycles. The Hall–Kier alpha value is -2.44. The van der Waals surface area contributed by atoms with E-state index in [0.29, 0.717) is 17.1 Å². The predicted octanol–water partition coefficient (Wildman–Crippen LogP) is 4.50. The SMILES string of the molecule is Cc1nc2ccc(C(=O)NCCCc3nc4ccc(Cl)cc4[nH]3)cc2s1. The van der Waals surface area contributed by atoms with Gasteiger partial charge in [0.1, 0.15) is 5.82 Å². The molecule has 4 rings (SSSR count). The van der Waals surface area contributed by atoms with Crippen LogP contribution in [0.1, 0.15) is 27.6 Å². The van der Waals surface area contributed by atoms with E-state index in [-0.39, 0.29) is 5.91 Å². The third kappa shape index (κ3) is 3.57. The van der Waals surface area contributed by atoms with Crippen molar-refractivity contribution in [2.24, 2.45) is 0 Å². The first kappa shape index (κ1) is 17.0. The van der Waals surface area contributed by atoms with Gasteiger partial charge in [0.2, 0.25) is 0 Å². The van der Waals surface area contributed by atoms with Gasteiger partial charge in [-0.15, -0.1) is 11.3 Å². The van der Waals surface area contributed by atoms with Crippen molar-refractivity contribution in [2.45, 2.75) is 19.8 Å². The number of aromatic amines is 1. The number of benzene rings is 2. The van der Waals surface area contributed by atoms with Gasteiger partial charge in [-0.1, -0.05) is 11.6 Å². The van der Waals surface area contributed by atoms with E-state index in [1.165, 1.54) is 0 Å². The smallest absolute Gasteiger partial charge is 0.251 e. The first-order valence-electron chi connectivity index (χ1n) is 8.38. The van der Waals surface area contributed by atoms with E-state index in [9.17, 15) is 4.79 Å². The lowest BCUT2D eigenvalue weighted by molar-refractivity contribution is 0.0953. The molecule has 2 N–H and O–H groups in total. The number of thiazole rings is 1. The summed E-state index contributed by atoms with van der Waals surface area (Å²) in [7, 11) is 0. The van der Waals surface area contributed by atoms with E-state index < -0.39 is 0 Å². The lowest BCUT2D eigenvalue weighted by atomic mass is 10.2.